The first-order valence-corrected chi connectivity index (χ1v) is 11.0. The van der Waals surface area contributed by atoms with E-state index in [1.807, 2.05) is 0 Å². The van der Waals surface area contributed by atoms with E-state index in [0.717, 1.165) is 4.31 Å². The molecule has 0 spiro atoms. The Labute approximate surface area is 185 Å². The smallest absolute Gasteiger partial charge is 0.336 e. The number of sulfonamides is 1. The lowest BCUT2D eigenvalue weighted by Crippen LogP contribution is -2.38. The van der Waals surface area contributed by atoms with Crippen molar-refractivity contribution >= 4 is 27.5 Å². The maximum atomic E-state index is 13.3. The van der Waals surface area contributed by atoms with Crippen LogP contribution in [0.1, 0.15) is 21.5 Å². The van der Waals surface area contributed by atoms with E-state index in [1.165, 1.54) is 30.3 Å². The lowest BCUT2D eigenvalue weighted by molar-refractivity contribution is -0.113. The number of nitrogens with two attached hydrogens (primary N) is 1. The van der Waals surface area contributed by atoms with Gasteiger partial charge in [-0.3, -0.25) is 4.79 Å². The van der Waals surface area contributed by atoms with Crippen LogP contribution in [0.4, 0.5) is 0 Å². The second kappa shape index (κ2) is 9.99. The van der Waals surface area contributed by atoms with Crippen LogP contribution < -0.4 is 5.84 Å². The average molecular weight is 452 g/mol. The Morgan fingerprint density at radius 3 is 1.94 bits per heavy atom. The van der Waals surface area contributed by atoms with Gasteiger partial charge >= 0.3 is 5.97 Å². The predicted molar refractivity (Wildman–Crippen MR) is 120 cm³/mol. The minimum atomic E-state index is -4.04. The van der Waals surface area contributed by atoms with Gasteiger partial charge in [-0.15, -0.1) is 0 Å². The number of hydrazone groups is 1. The van der Waals surface area contributed by atoms with Crippen molar-refractivity contribution in [3.05, 3.63) is 102 Å². The van der Waals surface area contributed by atoms with E-state index in [0.29, 0.717) is 5.56 Å². The van der Waals surface area contributed by atoms with Crippen molar-refractivity contribution < 1.29 is 23.1 Å². The third kappa shape index (κ3) is 5.08. The van der Waals surface area contributed by atoms with Gasteiger partial charge < -0.3 is 10.9 Å². The number of nitrogens with zero attached hydrogens (tertiary/aromatic N) is 2. The Bertz CT molecular complexity index is 1240. The van der Waals surface area contributed by atoms with E-state index >= 15 is 0 Å². The van der Waals surface area contributed by atoms with Gasteiger partial charge in [0.2, 0.25) is 10.0 Å². The van der Waals surface area contributed by atoms with Gasteiger partial charge in [-0.05, 0) is 23.8 Å². The Balaban J connectivity index is 1.99. The molecule has 0 bridgehead atoms. The minimum absolute atomic E-state index is 0.0178. The highest BCUT2D eigenvalue weighted by atomic mass is 32.2. The van der Waals surface area contributed by atoms with Crippen molar-refractivity contribution in [3.8, 4) is 0 Å². The molecule has 0 aliphatic rings. The molecule has 0 saturated heterocycles. The minimum Gasteiger partial charge on any atom is -0.478 e. The van der Waals surface area contributed by atoms with Gasteiger partial charge in [0.15, 0.2) is 5.78 Å². The summed E-state index contributed by atoms with van der Waals surface area (Å²) in [5.74, 6) is 3.45. The molecule has 164 valence electrons. The molecule has 3 aromatic rings. The molecule has 0 atom stereocenters. The predicted octanol–water partition coefficient (Wildman–Crippen LogP) is 2.51. The van der Waals surface area contributed by atoms with Gasteiger partial charge in [-0.2, -0.15) is 9.41 Å². The quantitative estimate of drug-likeness (QED) is 0.292. The number of benzene rings is 3. The number of carbonyl (C=O) groups is 2. The molecule has 0 radical (unpaired) electrons. The fraction of sp³-hybridized carbons (Fsp3) is 0.0870. The number of hydrogen-bond donors (Lipinski definition) is 2. The average Bonchev–Trinajstić information content (AvgIpc) is 2.80. The highest BCUT2D eigenvalue weighted by molar-refractivity contribution is 7.89. The molecule has 32 heavy (non-hydrogen) atoms. The molecule has 0 fully saturated rings. The van der Waals surface area contributed by atoms with E-state index < -0.39 is 28.3 Å². The fourth-order valence-electron chi connectivity index (χ4n) is 3.16. The Morgan fingerprint density at radius 1 is 0.844 bits per heavy atom. The maximum absolute atomic E-state index is 13.3. The number of carbonyl (C=O) groups excluding carboxylic acids is 1. The zero-order valence-corrected chi connectivity index (χ0v) is 17.8. The molecule has 0 aromatic heterocycles. The number of Topliss-reactive ketones (excluding diaryl/α,β-unsaturated/α-hetero) is 1. The molecule has 3 rings (SSSR count). The second-order valence-electron chi connectivity index (χ2n) is 6.82. The van der Waals surface area contributed by atoms with Crippen LogP contribution in [0.5, 0.6) is 0 Å². The molecule has 0 aliphatic heterocycles. The lowest BCUT2D eigenvalue weighted by atomic mass is 10.00. The summed E-state index contributed by atoms with van der Waals surface area (Å²) >= 11 is 0. The summed E-state index contributed by atoms with van der Waals surface area (Å²) in [4.78, 5) is 24.7. The van der Waals surface area contributed by atoms with Crippen molar-refractivity contribution in [3.63, 3.8) is 0 Å². The van der Waals surface area contributed by atoms with Crippen molar-refractivity contribution in [2.75, 3.05) is 6.54 Å². The van der Waals surface area contributed by atoms with E-state index in [2.05, 4.69) is 5.10 Å². The summed E-state index contributed by atoms with van der Waals surface area (Å²) in [5.41, 5.74) is 0.219. The van der Waals surface area contributed by atoms with E-state index in [1.54, 1.807) is 54.6 Å². The highest BCUT2D eigenvalue weighted by Crippen LogP contribution is 2.19. The molecule has 0 amide bonds. The summed E-state index contributed by atoms with van der Waals surface area (Å²) in [6.45, 7) is -0.641. The summed E-state index contributed by atoms with van der Waals surface area (Å²) in [7, 11) is -4.04. The number of carboxylic acid groups (broad SMARTS) is 1. The van der Waals surface area contributed by atoms with Gasteiger partial charge in [0.25, 0.3) is 0 Å². The van der Waals surface area contributed by atoms with E-state index in [4.69, 9.17) is 5.84 Å². The topological polar surface area (TPSA) is 130 Å². The van der Waals surface area contributed by atoms with E-state index in [9.17, 15) is 23.1 Å². The SMILES string of the molecule is N/N=C(/C(=O)CN(Cc1ccccc1)S(=O)(=O)c1ccccc1)c1ccccc1C(=O)O. The number of carboxylic acids is 1. The molecule has 0 saturated carbocycles. The number of hydrogen-bond acceptors (Lipinski definition) is 6. The maximum Gasteiger partial charge on any atom is 0.336 e. The normalized spacial score (nSPS) is 12.0. The van der Waals surface area contributed by atoms with Gasteiger partial charge in [0, 0.05) is 12.1 Å². The molecular weight excluding hydrogens is 430 g/mol. The van der Waals surface area contributed by atoms with Crippen LogP contribution in [0.3, 0.4) is 0 Å². The molecule has 3 N–H and O–H groups in total. The standard InChI is InChI=1S/C23H21N3O5S/c24-25-22(19-13-7-8-14-20(19)23(28)29)21(27)16-26(15-17-9-3-1-4-10-17)32(30,31)18-11-5-2-6-12-18/h1-14H,15-16,24H2,(H,28,29)/b25-22+. The molecular formula is C23H21N3O5S. The summed E-state index contributed by atoms with van der Waals surface area (Å²) in [6.07, 6.45) is 0. The van der Waals surface area contributed by atoms with Crippen LogP contribution in [-0.4, -0.2) is 41.8 Å². The van der Waals surface area contributed by atoms with Crippen LogP contribution in [0.15, 0.2) is 94.9 Å². The molecule has 8 nitrogen and oxygen atoms in total. The van der Waals surface area contributed by atoms with E-state index in [-0.39, 0.29) is 28.3 Å². The monoisotopic (exact) mass is 451 g/mol. The molecule has 0 heterocycles. The Kier molecular flexibility index (Phi) is 7.14. The summed E-state index contributed by atoms with van der Waals surface area (Å²) in [6, 6.07) is 22.3. The molecule has 0 unspecified atom stereocenters. The Hall–Kier alpha value is -3.82. The van der Waals surface area contributed by atoms with Crippen LogP contribution in [0, 0.1) is 0 Å². The van der Waals surface area contributed by atoms with Crippen molar-refractivity contribution in [1.29, 1.82) is 0 Å². The zero-order valence-electron chi connectivity index (χ0n) is 17.0. The number of aromatic carboxylic acids is 1. The first-order chi connectivity index (χ1) is 15.3. The van der Waals surface area contributed by atoms with Crippen LogP contribution >= 0.6 is 0 Å². The lowest BCUT2D eigenvalue weighted by Gasteiger charge is -2.22. The van der Waals surface area contributed by atoms with Gasteiger partial charge in [0.05, 0.1) is 17.0 Å². The summed E-state index contributed by atoms with van der Waals surface area (Å²) in [5, 5.41) is 12.9. The van der Waals surface area contributed by atoms with Gasteiger partial charge in [0.1, 0.15) is 5.71 Å². The Morgan fingerprint density at radius 2 is 1.38 bits per heavy atom. The first kappa shape index (κ1) is 22.9. The zero-order chi connectivity index (χ0) is 23.1. The molecule has 3 aromatic carbocycles. The highest BCUT2D eigenvalue weighted by Gasteiger charge is 2.30. The fourth-order valence-corrected chi connectivity index (χ4v) is 4.56. The number of ketones is 1. The van der Waals surface area contributed by atoms with Crippen molar-refractivity contribution in [1.82, 2.24) is 4.31 Å². The molecule has 0 aliphatic carbocycles. The number of rotatable bonds is 9. The van der Waals surface area contributed by atoms with Crippen LogP contribution in [0.2, 0.25) is 0 Å². The molecule has 9 heteroatoms. The van der Waals surface area contributed by atoms with Crippen LogP contribution in [-0.2, 0) is 21.4 Å². The van der Waals surface area contributed by atoms with Crippen LogP contribution in [0.25, 0.3) is 0 Å². The third-order valence-corrected chi connectivity index (χ3v) is 6.51. The largest absolute Gasteiger partial charge is 0.478 e. The first-order valence-electron chi connectivity index (χ1n) is 9.57. The van der Waals surface area contributed by atoms with Gasteiger partial charge in [-0.1, -0.05) is 66.7 Å². The van der Waals surface area contributed by atoms with Gasteiger partial charge in [-0.25, -0.2) is 13.2 Å². The second-order valence-corrected chi connectivity index (χ2v) is 8.76. The van der Waals surface area contributed by atoms with Crippen molar-refractivity contribution in [2.24, 2.45) is 10.9 Å². The van der Waals surface area contributed by atoms with Crippen molar-refractivity contribution in [2.45, 2.75) is 11.4 Å². The third-order valence-electron chi connectivity index (χ3n) is 4.71. The summed E-state index contributed by atoms with van der Waals surface area (Å²) < 4.78 is 27.6.